The van der Waals surface area contributed by atoms with Gasteiger partial charge in [0.1, 0.15) is 0 Å². The van der Waals surface area contributed by atoms with Gasteiger partial charge < -0.3 is 0 Å². The van der Waals surface area contributed by atoms with E-state index in [1.54, 1.807) is 0 Å². The van der Waals surface area contributed by atoms with Crippen LogP contribution in [-0.4, -0.2) is 0 Å². The smallest absolute Gasteiger partial charge is 0.0500 e. The third-order valence-electron chi connectivity index (χ3n) is 0.667. The summed E-state index contributed by atoms with van der Waals surface area (Å²) in [6.07, 6.45) is 0. The van der Waals surface area contributed by atoms with E-state index in [1.165, 1.54) is 0 Å². The molecule has 0 aliphatic carbocycles. The maximum Gasteiger partial charge on any atom is -0.0500 e. The Balaban J connectivity index is -0.0000000207. The molecule has 0 saturated heterocycles. The van der Waals surface area contributed by atoms with E-state index < -0.39 is 0 Å². The van der Waals surface area contributed by atoms with Crippen LogP contribution in [0.15, 0.2) is 36.4 Å². The molecule has 1 aromatic carbocycles. The molecule has 0 saturated carbocycles. The van der Waals surface area contributed by atoms with Crippen molar-refractivity contribution in [3.63, 3.8) is 0 Å². The average molecular weight is 294 g/mol. The number of halogens is 5. The van der Waals surface area contributed by atoms with Gasteiger partial charge in [-0.1, -0.05) is 77.9 Å². The molecular formula is C14H31F5. The van der Waals surface area contributed by atoms with Crippen LogP contribution in [-0.2, 0) is 0 Å². The zero-order valence-corrected chi connectivity index (χ0v) is 12.7. The van der Waals surface area contributed by atoms with Gasteiger partial charge in [-0.15, -0.1) is 0 Å². The Labute approximate surface area is 114 Å². The summed E-state index contributed by atoms with van der Waals surface area (Å²) in [6.45, 7) is 13.0. The molecule has 1 aromatic rings. The van der Waals surface area contributed by atoms with Gasteiger partial charge in [0, 0.05) is 0 Å². The predicted molar refractivity (Wildman–Crippen MR) is 80.0 cm³/mol. The number of hydrogen-bond donors (Lipinski definition) is 0. The van der Waals surface area contributed by atoms with E-state index in [4.69, 9.17) is 0 Å². The van der Waals surface area contributed by atoms with Gasteiger partial charge in [-0.3, -0.25) is 23.5 Å². The molecule has 0 aliphatic heterocycles. The zero-order valence-electron chi connectivity index (χ0n) is 12.7. The largest absolute Gasteiger partial charge is 0.269 e. The van der Waals surface area contributed by atoms with E-state index in [9.17, 15) is 0 Å². The van der Waals surface area contributed by atoms with Gasteiger partial charge in [0.15, 0.2) is 0 Å². The molecule has 0 fully saturated rings. The Morgan fingerprint density at radius 3 is 0.474 bits per heavy atom. The van der Waals surface area contributed by atoms with Gasteiger partial charge in [0.25, 0.3) is 0 Å². The van der Waals surface area contributed by atoms with Gasteiger partial charge in [-0.2, -0.15) is 0 Å². The van der Waals surface area contributed by atoms with Gasteiger partial charge in [-0.05, 0) is 11.8 Å². The van der Waals surface area contributed by atoms with E-state index in [0.29, 0.717) is 0 Å². The first-order chi connectivity index (χ1) is 6.46. The lowest BCUT2D eigenvalue weighted by Crippen LogP contribution is -1.66. The fraction of sp³-hybridized carbons (Fsp3) is 0.571. The summed E-state index contributed by atoms with van der Waals surface area (Å²) in [5.41, 5.74) is 0. The van der Waals surface area contributed by atoms with Crippen molar-refractivity contribution in [2.45, 2.75) is 41.5 Å². The highest BCUT2D eigenvalue weighted by atomic mass is 19.0. The van der Waals surface area contributed by atoms with Crippen molar-refractivity contribution in [2.24, 2.45) is 11.8 Å². The van der Waals surface area contributed by atoms with Crippen molar-refractivity contribution < 1.29 is 23.5 Å². The topological polar surface area (TPSA) is 0 Å². The lowest BCUT2D eigenvalue weighted by molar-refractivity contribution is 0.736. The zero-order chi connectivity index (χ0) is 11.4. The van der Waals surface area contributed by atoms with Crippen molar-refractivity contribution in [3.05, 3.63) is 36.4 Å². The first kappa shape index (κ1) is 43.0. The van der Waals surface area contributed by atoms with Crippen LogP contribution in [0.4, 0.5) is 23.5 Å². The highest BCUT2D eigenvalue weighted by Crippen LogP contribution is 1.81. The molecule has 0 heterocycles. The summed E-state index contributed by atoms with van der Waals surface area (Å²) >= 11 is 0. The van der Waals surface area contributed by atoms with Crippen LogP contribution in [0.5, 0.6) is 0 Å². The van der Waals surface area contributed by atoms with Crippen molar-refractivity contribution in [2.75, 3.05) is 0 Å². The molecule has 0 nitrogen and oxygen atoms in total. The Morgan fingerprint density at radius 2 is 0.421 bits per heavy atom. The highest BCUT2D eigenvalue weighted by Gasteiger charge is 1.68. The van der Waals surface area contributed by atoms with Gasteiger partial charge in [-0.25, -0.2) is 0 Å². The molecule has 0 bridgehead atoms. The predicted octanol–water partition coefficient (Wildman–Crippen LogP) is 5.77. The minimum Gasteiger partial charge on any atom is -0.269 e. The summed E-state index contributed by atoms with van der Waals surface area (Å²) < 4.78 is 0. The first-order valence-electron chi connectivity index (χ1n) is 5.46. The van der Waals surface area contributed by atoms with E-state index in [2.05, 4.69) is 41.5 Å². The number of hydrogen-bond acceptors (Lipinski definition) is 0. The first-order valence-corrected chi connectivity index (χ1v) is 5.46. The molecule has 0 amide bonds. The van der Waals surface area contributed by atoms with E-state index in [1.807, 2.05) is 36.4 Å². The van der Waals surface area contributed by atoms with E-state index in [0.717, 1.165) is 11.8 Å². The average Bonchev–Trinajstić information content (AvgIpc) is 2.05. The summed E-state index contributed by atoms with van der Waals surface area (Å²) in [5, 5.41) is 0. The summed E-state index contributed by atoms with van der Waals surface area (Å²) in [6, 6.07) is 12.0. The van der Waals surface area contributed by atoms with E-state index in [-0.39, 0.29) is 23.5 Å². The normalized spacial score (nSPS) is 6.32. The number of rotatable bonds is 0. The quantitative estimate of drug-likeness (QED) is 0.532. The van der Waals surface area contributed by atoms with Crippen LogP contribution in [0.2, 0.25) is 0 Å². The van der Waals surface area contributed by atoms with Crippen molar-refractivity contribution in [1.29, 1.82) is 0 Å². The molecule has 0 aromatic heterocycles. The molecule has 0 unspecified atom stereocenters. The van der Waals surface area contributed by atoms with Crippen molar-refractivity contribution >= 4 is 0 Å². The molecule has 19 heavy (non-hydrogen) atoms. The molecule has 1 rings (SSSR count). The van der Waals surface area contributed by atoms with E-state index >= 15 is 0 Å². The van der Waals surface area contributed by atoms with Crippen LogP contribution in [0.25, 0.3) is 0 Å². The second-order valence-corrected chi connectivity index (χ2v) is 4.62. The molecule has 0 spiro atoms. The summed E-state index contributed by atoms with van der Waals surface area (Å²) in [7, 11) is 0. The molecule has 122 valence electrons. The highest BCUT2D eigenvalue weighted by molar-refractivity contribution is 4.99. The van der Waals surface area contributed by atoms with Gasteiger partial charge in [0.2, 0.25) is 0 Å². The molecule has 0 N–H and O–H groups in total. The Morgan fingerprint density at radius 1 is 0.368 bits per heavy atom. The molecule has 0 atom stereocenters. The van der Waals surface area contributed by atoms with Crippen LogP contribution in [0.3, 0.4) is 0 Å². The maximum atomic E-state index is 2.17. The van der Waals surface area contributed by atoms with Crippen molar-refractivity contribution in [3.8, 4) is 0 Å². The minimum absolute atomic E-state index is 0. The third kappa shape index (κ3) is 157. The fourth-order valence-corrected chi connectivity index (χ4v) is 0.385. The standard InChI is InChI=1S/C6H6.2C4H10.5FH/c1-2-4-6-5-3-1;2*1-4(2)3;;;;;/h1-6H;2*4H,1-3H3;5*1H. The van der Waals surface area contributed by atoms with Gasteiger partial charge in [0.05, 0.1) is 0 Å². The molecule has 0 radical (unpaired) electrons. The van der Waals surface area contributed by atoms with Crippen molar-refractivity contribution in [1.82, 2.24) is 0 Å². The van der Waals surface area contributed by atoms with Crippen LogP contribution in [0, 0.1) is 11.8 Å². The van der Waals surface area contributed by atoms with Crippen LogP contribution >= 0.6 is 0 Å². The summed E-state index contributed by atoms with van der Waals surface area (Å²) in [5.74, 6) is 1.67. The number of benzene rings is 1. The Hall–Kier alpha value is -1.13. The maximum absolute atomic E-state index is 2.17. The monoisotopic (exact) mass is 294 g/mol. The lowest BCUT2D eigenvalue weighted by atomic mass is 10.3. The lowest BCUT2D eigenvalue weighted by Gasteiger charge is -1.79. The van der Waals surface area contributed by atoms with Gasteiger partial charge >= 0.3 is 0 Å². The second kappa shape index (κ2) is 36.0. The Kier molecular flexibility index (Phi) is 81.5. The van der Waals surface area contributed by atoms with Crippen LogP contribution < -0.4 is 0 Å². The SMILES string of the molecule is CC(C)C.CC(C)C.F.F.F.F.F.c1ccccc1. The summed E-state index contributed by atoms with van der Waals surface area (Å²) in [4.78, 5) is 0. The Bertz CT molecular complexity index is 140. The molecule has 0 aliphatic rings. The van der Waals surface area contributed by atoms with Crippen LogP contribution in [0.1, 0.15) is 41.5 Å². The fourth-order valence-electron chi connectivity index (χ4n) is 0.385. The second-order valence-electron chi connectivity index (χ2n) is 4.62. The third-order valence-corrected chi connectivity index (χ3v) is 0.667. The molecule has 5 heteroatoms. The minimum atomic E-state index is 0. The molecular weight excluding hydrogens is 263 g/mol.